The summed E-state index contributed by atoms with van der Waals surface area (Å²) in [5.41, 5.74) is 3.56. The van der Waals surface area contributed by atoms with Crippen LogP contribution < -0.4 is 20.1 Å². The molecule has 12 nitrogen and oxygen atoms in total. The van der Waals surface area contributed by atoms with Gasteiger partial charge in [0, 0.05) is 67.1 Å². The molecule has 2 unspecified atom stereocenters. The zero-order valence-electron chi connectivity index (χ0n) is 25.0. The molecule has 1 amide bonds. The van der Waals surface area contributed by atoms with Gasteiger partial charge in [0.05, 0.1) is 24.8 Å². The zero-order valence-corrected chi connectivity index (χ0v) is 26.0. The number of carbonyl (C=O) groups is 2. The molecule has 0 bridgehead atoms. The molecule has 1 aliphatic carbocycles. The number of rotatable bonds is 13. The molecule has 0 saturated carbocycles. The highest BCUT2D eigenvalue weighted by Gasteiger charge is 2.24. The minimum atomic E-state index is -3.12. The van der Waals surface area contributed by atoms with E-state index in [1.807, 2.05) is 74.1 Å². The average Bonchev–Trinajstić information content (AvgIpc) is 2.99. The summed E-state index contributed by atoms with van der Waals surface area (Å²) >= 11 is 0. The number of nitrogens with one attached hydrogen (secondary N) is 1. The number of carboxylic acid groups (broad SMARTS) is 1. The highest BCUT2D eigenvalue weighted by molar-refractivity contribution is 7.32. The molecule has 1 heterocycles. The molecular weight excluding hydrogens is 589 g/mol. The number of hydrogen-bond donors (Lipinski definition) is 4. The van der Waals surface area contributed by atoms with E-state index in [2.05, 4.69) is 9.84 Å². The molecule has 0 saturated heterocycles. The van der Waals surface area contributed by atoms with Gasteiger partial charge in [-0.2, -0.15) is 0 Å². The van der Waals surface area contributed by atoms with E-state index < -0.39 is 20.3 Å². The molecular formula is C31H37N3O9P+. The number of carbonyl (C=O) groups excluding carboxylic acids is 1. The number of aromatic carboxylic acids is 1. The van der Waals surface area contributed by atoms with E-state index >= 15 is 0 Å². The standard InChI is InChI=1S/C31H36N3O9P/c1-33(2)20-7-10-24-27(15-20)43-28-16-21(34(3)4)8-11-25(28)29(24)26-14-19(6-9-23(26)31(37)38)30(36)32-12-5-13-41-17-22(35)18-42-44(39)40/h6-11,14-16,22,35,44H,5,12-13,17-18H2,1-4H3,(H2-,32,36,37,38,39,40)/p+1. The fourth-order valence-electron chi connectivity index (χ4n) is 4.71. The molecule has 13 heteroatoms. The number of nitrogens with zero attached hydrogens (tertiary/aromatic N) is 2. The Bertz CT molecular complexity index is 1730. The molecule has 4 rings (SSSR count). The smallest absolute Gasteiger partial charge is 0.336 e. The van der Waals surface area contributed by atoms with E-state index in [-0.39, 0.29) is 43.4 Å². The van der Waals surface area contributed by atoms with Crippen molar-refractivity contribution in [2.24, 2.45) is 0 Å². The fraction of sp³-hybridized carbons (Fsp3) is 0.323. The summed E-state index contributed by atoms with van der Waals surface area (Å²) in [4.78, 5) is 36.2. The van der Waals surface area contributed by atoms with Gasteiger partial charge in [-0.15, -0.1) is 0 Å². The summed E-state index contributed by atoms with van der Waals surface area (Å²) in [6.45, 7) is 0.0978. The number of hydrogen-bond acceptors (Lipinski definition) is 8. The molecule has 2 aromatic carbocycles. The minimum Gasteiger partial charge on any atom is -0.478 e. The Labute approximate surface area is 255 Å². The van der Waals surface area contributed by atoms with E-state index in [0.29, 0.717) is 39.8 Å². The number of aliphatic hydroxyl groups excluding tert-OH is 1. The molecule has 0 fully saturated rings. The zero-order chi connectivity index (χ0) is 32.0. The molecule has 2 aliphatic rings. The van der Waals surface area contributed by atoms with Crippen molar-refractivity contribution in [2.45, 2.75) is 12.5 Å². The van der Waals surface area contributed by atoms with Crippen LogP contribution in [0.3, 0.4) is 0 Å². The molecule has 0 spiro atoms. The predicted molar refractivity (Wildman–Crippen MR) is 168 cm³/mol. The first kappa shape index (κ1) is 32.8. The predicted octanol–water partition coefficient (Wildman–Crippen LogP) is 2.90. The van der Waals surface area contributed by atoms with E-state index in [9.17, 15) is 24.4 Å². The summed E-state index contributed by atoms with van der Waals surface area (Å²) in [5, 5.41) is 24.3. The lowest BCUT2D eigenvalue weighted by Gasteiger charge is -2.19. The van der Waals surface area contributed by atoms with Crippen LogP contribution in [0.2, 0.25) is 0 Å². The molecule has 44 heavy (non-hydrogen) atoms. The first-order valence-corrected chi connectivity index (χ1v) is 15.2. The maximum absolute atomic E-state index is 13.1. The van der Waals surface area contributed by atoms with Gasteiger partial charge in [0.15, 0.2) is 0 Å². The van der Waals surface area contributed by atoms with Crippen LogP contribution in [0, 0.1) is 0 Å². The van der Waals surface area contributed by atoms with Gasteiger partial charge in [0.25, 0.3) is 5.91 Å². The summed E-state index contributed by atoms with van der Waals surface area (Å²) in [7, 11) is 4.58. The lowest BCUT2D eigenvalue weighted by atomic mass is 9.89. The lowest BCUT2D eigenvalue weighted by Crippen LogP contribution is -2.26. The number of benzene rings is 3. The molecule has 0 radical (unpaired) electrons. The Morgan fingerprint density at radius 2 is 1.82 bits per heavy atom. The molecule has 2 atom stereocenters. The Morgan fingerprint density at radius 1 is 1.05 bits per heavy atom. The highest BCUT2D eigenvalue weighted by atomic mass is 31.1. The number of aliphatic hydroxyl groups is 1. The Hall–Kier alpha value is -4.06. The van der Waals surface area contributed by atoms with Gasteiger partial charge in [0.1, 0.15) is 31.5 Å². The summed E-state index contributed by atoms with van der Waals surface area (Å²) in [5.74, 6) is -0.938. The third-order valence-electron chi connectivity index (χ3n) is 6.96. The van der Waals surface area contributed by atoms with E-state index in [4.69, 9.17) is 14.0 Å². The SMILES string of the molecule is CN(C)c1ccc2c(-c3cc(C(=O)NCCCOCC(O)CO[PH](=O)O)ccc3C(=O)O)c3ccc(=[N+](C)C)cc-3oc2c1. The van der Waals surface area contributed by atoms with E-state index in [1.165, 1.54) is 12.1 Å². The molecule has 2 aromatic rings. The second kappa shape index (κ2) is 14.6. The number of carboxylic acids is 1. The van der Waals surface area contributed by atoms with Crippen molar-refractivity contribution in [1.82, 2.24) is 9.89 Å². The van der Waals surface area contributed by atoms with Crippen LogP contribution in [0.5, 0.6) is 0 Å². The van der Waals surface area contributed by atoms with Crippen molar-refractivity contribution in [1.29, 1.82) is 0 Å². The molecule has 1 aliphatic heterocycles. The lowest BCUT2D eigenvalue weighted by molar-refractivity contribution is 0.0110. The first-order valence-electron chi connectivity index (χ1n) is 13.9. The third-order valence-corrected chi connectivity index (χ3v) is 7.38. The van der Waals surface area contributed by atoms with Gasteiger partial charge >= 0.3 is 14.2 Å². The second-order valence-electron chi connectivity index (χ2n) is 10.6. The maximum atomic E-state index is 13.1. The van der Waals surface area contributed by atoms with Crippen LogP contribution in [-0.4, -0.2) is 87.6 Å². The number of ether oxygens (including phenoxy) is 1. The fourth-order valence-corrected chi connectivity index (χ4v) is 5.04. The van der Waals surface area contributed by atoms with Crippen molar-refractivity contribution >= 4 is 36.8 Å². The molecule has 234 valence electrons. The van der Waals surface area contributed by atoms with Crippen molar-refractivity contribution in [3.05, 3.63) is 71.1 Å². The Balaban J connectivity index is 1.65. The second-order valence-corrected chi connectivity index (χ2v) is 11.4. The van der Waals surface area contributed by atoms with Crippen molar-refractivity contribution in [2.75, 3.05) is 59.5 Å². The summed E-state index contributed by atoms with van der Waals surface area (Å²) < 4.78 is 28.7. The molecule has 4 N–H and O–H groups in total. The molecule has 0 aromatic heterocycles. The van der Waals surface area contributed by atoms with Gasteiger partial charge in [-0.1, -0.05) is 0 Å². The van der Waals surface area contributed by atoms with Gasteiger partial charge < -0.3 is 39.0 Å². The van der Waals surface area contributed by atoms with Crippen LogP contribution in [-0.2, 0) is 13.8 Å². The van der Waals surface area contributed by atoms with Gasteiger partial charge in [-0.05, 0) is 48.4 Å². The Morgan fingerprint density at radius 3 is 2.50 bits per heavy atom. The van der Waals surface area contributed by atoms with Crippen LogP contribution in [0.4, 0.5) is 5.69 Å². The summed E-state index contributed by atoms with van der Waals surface area (Å²) in [6, 6.07) is 16.0. The Kier molecular flexibility index (Phi) is 10.9. The monoisotopic (exact) mass is 626 g/mol. The number of amides is 1. The van der Waals surface area contributed by atoms with Gasteiger partial charge in [-0.25, -0.2) is 9.37 Å². The van der Waals surface area contributed by atoms with Gasteiger partial charge in [-0.3, -0.25) is 9.36 Å². The maximum Gasteiger partial charge on any atom is 0.336 e. The van der Waals surface area contributed by atoms with E-state index in [0.717, 1.165) is 11.0 Å². The van der Waals surface area contributed by atoms with Crippen LogP contribution >= 0.6 is 8.25 Å². The third kappa shape index (κ3) is 7.90. The van der Waals surface area contributed by atoms with Crippen LogP contribution in [0.1, 0.15) is 27.1 Å². The van der Waals surface area contributed by atoms with Crippen molar-refractivity contribution < 1.29 is 42.9 Å². The minimum absolute atomic E-state index is 0.0473. The quantitative estimate of drug-likeness (QED) is 0.0752. The first-order chi connectivity index (χ1) is 21.0. The normalized spacial score (nSPS) is 12.7. The number of anilines is 1. The van der Waals surface area contributed by atoms with Crippen LogP contribution in [0.25, 0.3) is 33.4 Å². The van der Waals surface area contributed by atoms with Crippen molar-refractivity contribution in [3.63, 3.8) is 0 Å². The summed E-state index contributed by atoms with van der Waals surface area (Å²) in [6.07, 6.45) is -0.604. The largest absolute Gasteiger partial charge is 0.478 e. The van der Waals surface area contributed by atoms with Crippen LogP contribution in [0.15, 0.2) is 59.0 Å². The number of fused-ring (bicyclic) bond motifs is 2. The van der Waals surface area contributed by atoms with E-state index in [1.54, 1.807) is 6.07 Å². The van der Waals surface area contributed by atoms with Gasteiger partial charge in [0.2, 0.25) is 5.36 Å². The highest BCUT2D eigenvalue weighted by Crippen LogP contribution is 2.42. The van der Waals surface area contributed by atoms with Crippen molar-refractivity contribution in [3.8, 4) is 22.5 Å². The average molecular weight is 627 g/mol. The topological polar surface area (TPSA) is 162 Å².